The summed E-state index contributed by atoms with van der Waals surface area (Å²) in [4.78, 5) is 14.3. The smallest absolute Gasteiger partial charge is 0.263 e. The lowest BCUT2D eigenvalue weighted by Gasteiger charge is -2.24. The van der Waals surface area contributed by atoms with Crippen molar-refractivity contribution in [3.63, 3.8) is 0 Å². The molecule has 5 aromatic carbocycles. The van der Waals surface area contributed by atoms with Crippen LogP contribution < -0.4 is 5.56 Å². The molecule has 6 aromatic rings. The number of nitrogens with zero attached hydrogens (tertiary/aromatic N) is 1. The van der Waals surface area contributed by atoms with Crippen LogP contribution in [0.4, 0.5) is 0 Å². The summed E-state index contributed by atoms with van der Waals surface area (Å²) in [5.74, 6) is 0. The van der Waals surface area contributed by atoms with Gasteiger partial charge in [0.2, 0.25) is 0 Å². The van der Waals surface area contributed by atoms with E-state index < -0.39 is 0 Å². The lowest BCUT2D eigenvalue weighted by atomic mass is 9.82. The Morgan fingerprint density at radius 1 is 0.487 bits per heavy atom. The molecule has 0 N–H and O–H groups in total. The Hall–Kier alpha value is -4.43. The Morgan fingerprint density at radius 3 is 1.72 bits per heavy atom. The average Bonchev–Trinajstić information content (AvgIpc) is 3.32. The highest BCUT2D eigenvalue weighted by atomic mass is 16.1. The third kappa shape index (κ3) is 2.79. The van der Waals surface area contributed by atoms with E-state index in [1.165, 1.54) is 44.5 Å². The molecule has 0 saturated carbocycles. The van der Waals surface area contributed by atoms with Crippen molar-refractivity contribution in [1.29, 1.82) is 0 Å². The summed E-state index contributed by atoms with van der Waals surface area (Å²) in [7, 11) is 0. The van der Waals surface area contributed by atoms with Gasteiger partial charge in [-0.15, -0.1) is 0 Å². The van der Waals surface area contributed by atoms with Crippen molar-refractivity contribution in [3.8, 4) is 27.9 Å². The van der Waals surface area contributed by atoms with E-state index in [-0.39, 0.29) is 16.4 Å². The first-order valence-corrected chi connectivity index (χ1v) is 13.7. The van der Waals surface area contributed by atoms with Gasteiger partial charge >= 0.3 is 0 Å². The van der Waals surface area contributed by atoms with Gasteiger partial charge in [0.1, 0.15) is 0 Å². The van der Waals surface area contributed by atoms with Crippen molar-refractivity contribution in [1.82, 2.24) is 4.57 Å². The third-order valence-electron chi connectivity index (χ3n) is 9.42. The van der Waals surface area contributed by atoms with Gasteiger partial charge in [-0.2, -0.15) is 0 Å². The summed E-state index contributed by atoms with van der Waals surface area (Å²) < 4.78 is 1.95. The second-order valence-corrected chi connectivity index (χ2v) is 12.2. The zero-order valence-corrected chi connectivity index (χ0v) is 22.7. The molecular weight excluding hydrogens is 474 g/mol. The summed E-state index contributed by atoms with van der Waals surface area (Å²) in [5.41, 5.74) is 12.0. The minimum Gasteiger partial charge on any atom is -0.276 e. The first-order chi connectivity index (χ1) is 18.8. The number of rotatable bonds is 1. The van der Waals surface area contributed by atoms with E-state index >= 15 is 0 Å². The maximum atomic E-state index is 14.3. The van der Waals surface area contributed by atoms with Crippen molar-refractivity contribution in [2.45, 2.75) is 38.5 Å². The molecule has 0 radical (unpaired) electrons. The highest BCUT2D eigenvalue weighted by Crippen LogP contribution is 2.51. The first kappa shape index (κ1) is 22.5. The van der Waals surface area contributed by atoms with Gasteiger partial charge in [0.15, 0.2) is 0 Å². The van der Waals surface area contributed by atoms with Gasteiger partial charge in [-0.05, 0) is 80.2 Å². The van der Waals surface area contributed by atoms with Crippen LogP contribution in [0.3, 0.4) is 0 Å². The Labute approximate surface area is 228 Å². The Kier molecular flexibility index (Phi) is 4.25. The second kappa shape index (κ2) is 7.36. The molecular formula is C37H29NO. The SMILES string of the molecule is CC1(C)c2ccccc2-c2ccc(-n3c(=O)c4ccccc4c4cc5c(cc43)C(C)(C)c3ccccc3-5)cc21. The third-order valence-corrected chi connectivity index (χ3v) is 9.42. The minimum absolute atomic E-state index is 0.0274. The van der Waals surface area contributed by atoms with Crippen LogP contribution in [0.15, 0.2) is 108 Å². The molecule has 188 valence electrons. The van der Waals surface area contributed by atoms with E-state index in [2.05, 4.69) is 113 Å². The van der Waals surface area contributed by atoms with Gasteiger partial charge in [0.05, 0.1) is 5.52 Å². The number of aromatic nitrogens is 1. The summed E-state index contributed by atoms with van der Waals surface area (Å²) in [6, 6.07) is 36.6. The van der Waals surface area contributed by atoms with E-state index in [0.717, 1.165) is 27.4 Å². The average molecular weight is 504 g/mol. The molecule has 39 heavy (non-hydrogen) atoms. The van der Waals surface area contributed by atoms with Gasteiger partial charge in [0, 0.05) is 27.3 Å². The topological polar surface area (TPSA) is 22.0 Å². The van der Waals surface area contributed by atoms with Gasteiger partial charge in [0.25, 0.3) is 5.56 Å². The predicted molar refractivity (Wildman–Crippen MR) is 162 cm³/mol. The van der Waals surface area contributed by atoms with Gasteiger partial charge in [-0.25, -0.2) is 0 Å². The maximum Gasteiger partial charge on any atom is 0.263 e. The lowest BCUT2D eigenvalue weighted by Crippen LogP contribution is -2.21. The monoisotopic (exact) mass is 503 g/mol. The molecule has 0 atom stereocenters. The molecule has 0 saturated heterocycles. The van der Waals surface area contributed by atoms with Crippen LogP contribution >= 0.6 is 0 Å². The molecule has 2 aliphatic carbocycles. The fourth-order valence-corrected chi connectivity index (χ4v) is 7.36. The molecule has 2 nitrogen and oxygen atoms in total. The Bertz CT molecular complexity index is 2090. The van der Waals surface area contributed by atoms with Crippen LogP contribution in [0.5, 0.6) is 0 Å². The lowest BCUT2D eigenvalue weighted by molar-refractivity contribution is 0.659. The molecule has 8 rings (SSSR count). The van der Waals surface area contributed by atoms with E-state index in [9.17, 15) is 4.79 Å². The fraction of sp³-hybridized carbons (Fsp3) is 0.162. The number of benzene rings is 5. The normalized spacial score (nSPS) is 15.7. The van der Waals surface area contributed by atoms with Crippen molar-refractivity contribution < 1.29 is 0 Å². The van der Waals surface area contributed by atoms with Crippen LogP contribution in [0.25, 0.3) is 49.6 Å². The Morgan fingerprint density at radius 2 is 1.03 bits per heavy atom. The standard InChI is InChI=1S/C37H29NO/c1-36(2)30-15-9-7-12-24(30)26-18-17-22(19-32(26)36)38-34-21-33-28(25-13-8-10-16-31(25)37(33,3)4)20-29(34)23-11-5-6-14-27(23)35(38)39/h5-21H,1-4H3. The van der Waals surface area contributed by atoms with E-state index in [1.54, 1.807) is 0 Å². The van der Waals surface area contributed by atoms with Crippen LogP contribution in [-0.4, -0.2) is 4.57 Å². The van der Waals surface area contributed by atoms with Crippen LogP contribution in [-0.2, 0) is 10.8 Å². The molecule has 1 aromatic heterocycles. The molecule has 2 aliphatic rings. The van der Waals surface area contributed by atoms with E-state index in [1.807, 2.05) is 22.8 Å². The molecule has 0 bridgehead atoms. The summed E-state index contributed by atoms with van der Waals surface area (Å²) in [6.45, 7) is 9.16. The van der Waals surface area contributed by atoms with Crippen LogP contribution in [0.2, 0.25) is 0 Å². The number of pyridine rings is 1. The highest BCUT2D eigenvalue weighted by Gasteiger charge is 2.37. The molecule has 0 fully saturated rings. The molecule has 0 spiro atoms. The van der Waals surface area contributed by atoms with Gasteiger partial charge in [-0.1, -0.05) is 100 Å². The number of hydrogen-bond donors (Lipinski definition) is 0. The summed E-state index contributed by atoms with van der Waals surface area (Å²) in [5, 5.41) is 2.87. The Balaban J connectivity index is 1.48. The summed E-state index contributed by atoms with van der Waals surface area (Å²) >= 11 is 0. The zero-order chi connectivity index (χ0) is 26.7. The summed E-state index contributed by atoms with van der Waals surface area (Å²) in [6.07, 6.45) is 0. The molecule has 0 aliphatic heterocycles. The number of hydrogen-bond acceptors (Lipinski definition) is 1. The first-order valence-electron chi connectivity index (χ1n) is 13.7. The maximum absolute atomic E-state index is 14.3. The minimum atomic E-state index is -0.145. The van der Waals surface area contributed by atoms with E-state index in [4.69, 9.17) is 0 Å². The van der Waals surface area contributed by atoms with Crippen molar-refractivity contribution in [3.05, 3.63) is 136 Å². The van der Waals surface area contributed by atoms with Crippen molar-refractivity contribution in [2.75, 3.05) is 0 Å². The highest BCUT2D eigenvalue weighted by molar-refractivity contribution is 6.09. The zero-order valence-electron chi connectivity index (χ0n) is 22.7. The predicted octanol–water partition coefficient (Wildman–Crippen LogP) is 8.76. The molecule has 0 unspecified atom stereocenters. The van der Waals surface area contributed by atoms with Crippen LogP contribution in [0.1, 0.15) is 49.9 Å². The van der Waals surface area contributed by atoms with Crippen molar-refractivity contribution >= 4 is 21.7 Å². The molecule has 0 amide bonds. The van der Waals surface area contributed by atoms with Crippen molar-refractivity contribution in [2.24, 2.45) is 0 Å². The van der Waals surface area contributed by atoms with Crippen LogP contribution in [0, 0.1) is 0 Å². The molecule has 2 heteroatoms. The number of fused-ring (bicyclic) bond motifs is 9. The second-order valence-electron chi connectivity index (χ2n) is 12.2. The van der Waals surface area contributed by atoms with Gasteiger partial charge < -0.3 is 0 Å². The van der Waals surface area contributed by atoms with Gasteiger partial charge in [-0.3, -0.25) is 9.36 Å². The molecule has 1 heterocycles. The quantitative estimate of drug-likeness (QED) is 0.206. The largest absolute Gasteiger partial charge is 0.276 e. The van der Waals surface area contributed by atoms with E-state index in [0.29, 0.717) is 0 Å². The fourth-order valence-electron chi connectivity index (χ4n) is 7.36.